The first-order valence-corrected chi connectivity index (χ1v) is 7.15. The summed E-state index contributed by atoms with van der Waals surface area (Å²) < 4.78 is 2.71. The molecule has 3 aromatic rings. The monoisotopic (exact) mass is 309 g/mol. The number of hydrogen-bond donors (Lipinski definition) is 1. The molecular weight excluding hydrogens is 294 g/mol. The number of pyridine rings is 1. The molecule has 23 heavy (non-hydrogen) atoms. The van der Waals surface area contributed by atoms with Gasteiger partial charge in [-0.25, -0.2) is 9.50 Å². The number of aromatic amines is 1. The molecule has 0 aliphatic rings. The van der Waals surface area contributed by atoms with Gasteiger partial charge in [0.05, 0.1) is 5.69 Å². The SMILES string of the molecule is CC(C)c1c(-c2ccc(=O)n(C)c2)nc2c(C#N)c[nH]n2c1=O. The van der Waals surface area contributed by atoms with Crippen LogP contribution in [0.3, 0.4) is 0 Å². The molecule has 0 fully saturated rings. The van der Waals surface area contributed by atoms with Crippen molar-refractivity contribution in [2.24, 2.45) is 7.05 Å². The van der Waals surface area contributed by atoms with E-state index in [1.54, 1.807) is 19.3 Å². The molecule has 1 N–H and O–H groups in total. The number of rotatable bonds is 2. The minimum atomic E-state index is -0.240. The molecule has 0 aliphatic heterocycles. The Labute approximate surface area is 131 Å². The first kappa shape index (κ1) is 14.8. The standard InChI is InChI=1S/C16H15N5O2/c1-9(2)13-14(10-4-5-12(22)20(3)8-10)19-15-11(6-17)7-18-21(15)16(13)23/h4-5,7-9,18H,1-3H3. The first-order chi connectivity index (χ1) is 10.9. The van der Waals surface area contributed by atoms with Gasteiger partial charge in [-0.15, -0.1) is 0 Å². The van der Waals surface area contributed by atoms with Gasteiger partial charge in [-0.05, 0) is 12.0 Å². The number of nitriles is 1. The van der Waals surface area contributed by atoms with Crippen LogP contribution in [0.25, 0.3) is 16.9 Å². The normalized spacial score (nSPS) is 11.1. The van der Waals surface area contributed by atoms with Crippen molar-refractivity contribution in [1.29, 1.82) is 5.26 Å². The van der Waals surface area contributed by atoms with Crippen LogP contribution < -0.4 is 11.1 Å². The van der Waals surface area contributed by atoms with Crippen molar-refractivity contribution in [3.8, 4) is 17.3 Å². The van der Waals surface area contributed by atoms with E-state index in [0.29, 0.717) is 22.4 Å². The maximum atomic E-state index is 12.8. The Balaban J connectivity index is 2.44. The summed E-state index contributed by atoms with van der Waals surface area (Å²) in [4.78, 5) is 28.9. The summed E-state index contributed by atoms with van der Waals surface area (Å²) in [5, 5.41) is 11.9. The summed E-state index contributed by atoms with van der Waals surface area (Å²) >= 11 is 0. The summed E-state index contributed by atoms with van der Waals surface area (Å²) in [5.41, 5.74) is 1.89. The highest BCUT2D eigenvalue weighted by Crippen LogP contribution is 2.25. The van der Waals surface area contributed by atoms with Gasteiger partial charge in [-0.3, -0.25) is 14.7 Å². The Bertz CT molecular complexity index is 1060. The average molecular weight is 309 g/mol. The van der Waals surface area contributed by atoms with Gasteiger partial charge in [-0.1, -0.05) is 13.8 Å². The fourth-order valence-corrected chi connectivity index (χ4v) is 2.58. The molecule has 0 aromatic carbocycles. The molecule has 0 unspecified atom stereocenters. The maximum absolute atomic E-state index is 12.8. The van der Waals surface area contributed by atoms with E-state index in [1.807, 2.05) is 19.9 Å². The number of aryl methyl sites for hydroxylation is 1. The van der Waals surface area contributed by atoms with Crippen molar-refractivity contribution >= 4 is 5.65 Å². The topological polar surface area (TPSA) is 95.9 Å². The summed E-state index contributed by atoms with van der Waals surface area (Å²) in [7, 11) is 1.64. The number of fused-ring (bicyclic) bond motifs is 1. The maximum Gasteiger partial charge on any atom is 0.276 e. The van der Waals surface area contributed by atoms with Gasteiger partial charge < -0.3 is 4.57 Å². The number of nitrogens with one attached hydrogen (secondary N) is 1. The minimum Gasteiger partial charge on any atom is -0.318 e. The second kappa shape index (κ2) is 5.25. The van der Waals surface area contributed by atoms with Crippen molar-refractivity contribution < 1.29 is 0 Å². The molecule has 3 rings (SSSR count). The zero-order valence-electron chi connectivity index (χ0n) is 13.0. The van der Waals surface area contributed by atoms with Crippen molar-refractivity contribution in [2.75, 3.05) is 0 Å². The highest BCUT2D eigenvalue weighted by molar-refractivity contribution is 5.67. The third kappa shape index (κ3) is 2.25. The number of nitrogens with zero attached hydrogens (tertiary/aromatic N) is 4. The molecule has 0 saturated carbocycles. The molecule has 3 heterocycles. The fraction of sp³-hybridized carbons (Fsp3) is 0.250. The van der Waals surface area contributed by atoms with Gasteiger partial charge in [0, 0.05) is 36.6 Å². The molecule has 3 aromatic heterocycles. The van der Waals surface area contributed by atoms with Crippen molar-refractivity contribution in [1.82, 2.24) is 19.2 Å². The molecule has 0 aliphatic carbocycles. The molecule has 0 atom stereocenters. The molecule has 0 radical (unpaired) electrons. The Morgan fingerprint density at radius 2 is 2.04 bits per heavy atom. The Hall–Kier alpha value is -3.14. The number of hydrogen-bond acceptors (Lipinski definition) is 4. The van der Waals surface area contributed by atoms with Crippen LogP contribution in [0.1, 0.15) is 30.9 Å². The lowest BCUT2D eigenvalue weighted by atomic mass is 9.99. The van der Waals surface area contributed by atoms with Crippen LogP contribution in [0, 0.1) is 11.3 Å². The predicted molar refractivity (Wildman–Crippen MR) is 85.3 cm³/mol. The zero-order chi connectivity index (χ0) is 16.7. The Morgan fingerprint density at radius 3 is 2.65 bits per heavy atom. The smallest absolute Gasteiger partial charge is 0.276 e. The van der Waals surface area contributed by atoms with Gasteiger partial charge in [0.2, 0.25) is 5.56 Å². The van der Waals surface area contributed by atoms with E-state index in [9.17, 15) is 9.59 Å². The molecule has 116 valence electrons. The quantitative estimate of drug-likeness (QED) is 0.773. The molecule has 0 amide bonds. The molecule has 0 bridgehead atoms. The van der Waals surface area contributed by atoms with Gasteiger partial charge in [0.25, 0.3) is 5.56 Å². The van der Waals surface area contributed by atoms with Crippen LogP contribution in [0.5, 0.6) is 0 Å². The van der Waals surface area contributed by atoms with E-state index in [-0.39, 0.29) is 22.7 Å². The molecule has 0 saturated heterocycles. The number of H-pyrrole nitrogens is 1. The second-order valence-corrected chi connectivity index (χ2v) is 5.66. The lowest BCUT2D eigenvalue weighted by molar-refractivity contribution is 0.795. The first-order valence-electron chi connectivity index (χ1n) is 7.15. The lowest BCUT2D eigenvalue weighted by Gasteiger charge is -2.12. The van der Waals surface area contributed by atoms with Crippen LogP contribution in [0.15, 0.2) is 34.1 Å². The highest BCUT2D eigenvalue weighted by Gasteiger charge is 2.20. The van der Waals surface area contributed by atoms with Crippen molar-refractivity contribution in [3.63, 3.8) is 0 Å². The predicted octanol–water partition coefficient (Wildman–Crippen LogP) is 1.38. The van der Waals surface area contributed by atoms with Crippen LogP contribution in [-0.2, 0) is 7.05 Å². The van der Waals surface area contributed by atoms with E-state index in [1.165, 1.54) is 21.3 Å². The van der Waals surface area contributed by atoms with E-state index in [4.69, 9.17) is 5.26 Å². The van der Waals surface area contributed by atoms with Crippen LogP contribution in [-0.4, -0.2) is 19.2 Å². The minimum absolute atomic E-state index is 0.0621. The van der Waals surface area contributed by atoms with Gasteiger partial charge in [-0.2, -0.15) is 5.26 Å². The summed E-state index contributed by atoms with van der Waals surface area (Å²) in [5.74, 6) is -0.0621. The average Bonchev–Trinajstić information content (AvgIpc) is 2.92. The van der Waals surface area contributed by atoms with E-state index >= 15 is 0 Å². The van der Waals surface area contributed by atoms with Crippen LogP contribution in [0.2, 0.25) is 0 Å². The Kier molecular flexibility index (Phi) is 3.37. The van der Waals surface area contributed by atoms with E-state index in [0.717, 1.165) is 0 Å². The third-order valence-corrected chi connectivity index (χ3v) is 3.75. The van der Waals surface area contributed by atoms with Crippen LogP contribution in [0.4, 0.5) is 0 Å². The van der Waals surface area contributed by atoms with Gasteiger partial charge in [0.15, 0.2) is 5.65 Å². The van der Waals surface area contributed by atoms with Crippen molar-refractivity contribution in [3.05, 3.63) is 56.4 Å². The number of aromatic nitrogens is 4. The largest absolute Gasteiger partial charge is 0.318 e. The molecule has 0 spiro atoms. The summed E-state index contributed by atoms with van der Waals surface area (Å²) in [6, 6.07) is 5.10. The zero-order valence-corrected chi connectivity index (χ0v) is 13.0. The summed E-state index contributed by atoms with van der Waals surface area (Å²) in [6.45, 7) is 3.81. The molecular formula is C16H15N5O2. The van der Waals surface area contributed by atoms with Crippen molar-refractivity contribution in [2.45, 2.75) is 19.8 Å². The van der Waals surface area contributed by atoms with Gasteiger partial charge >= 0.3 is 0 Å². The Morgan fingerprint density at radius 1 is 1.30 bits per heavy atom. The van der Waals surface area contributed by atoms with E-state index < -0.39 is 0 Å². The lowest BCUT2D eigenvalue weighted by Crippen LogP contribution is -2.23. The van der Waals surface area contributed by atoms with Gasteiger partial charge in [0.1, 0.15) is 11.6 Å². The summed E-state index contributed by atoms with van der Waals surface area (Å²) in [6.07, 6.45) is 3.10. The van der Waals surface area contributed by atoms with Crippen LogP contribution >= 0.6 is 0 Å². The highest BCUT2D eigenvalue weighted by atomic mass is 16.1. The molecule has 7 heteroatoms. The fourth-order valence-electron chi connectivity index (χ4n) is 2.58. The molecule has 7 nitrogen and oxygen atoms in total. The van der Waals surface area contributed by atoms with E-state index in [2.05, 4.69) is 10.1 Å². The third-order valence-electron chi connectivity index (χ3n) is 3.75. The second-order valence-electron chi connectivity index (χ2n) is 5.66.